The van der Waals surface area contributed by atoms with Crippen LogP contribution in [0.4, 0.5) is 15.8 Å². The molecule has 1 aromatic heterocycles. The highest BCUT2D eigenvalue weighted by Crippen LogP contribution is 2.34. The fraction of sp³-hybridized carbons (Fsp3) is 0.111. The van der Waals surface area contributed by atoms with Crippen molar-refractivity contribution >= 4 is 35.0 Å². The van der Waals surface area contributed by atoms with E-state index < -0.39 is 29.2 Å². The van der Waals surface area contributed by atoms with Gasteiger partial charge in [-0.05, 0) is 42.1 Å². The van der Waals surface area contributed by atoms with Gasteiger partial charge in [0.25, 0.3) is 11.6 Å². The van der Waals surface area contributed by atoms with Crippen molar-refractivity contribution in [2.24, 2.45) is 7.05 Å². The molecule has 0 bridgehead atoms. The SMILES string of the molecule is Cn1cnnc1Sc1ccc(C(=O)OCC(=O)Nc2cccc(F)c2)cc1[N+](=O)[O-]. The number of amides is 1. The highest BCUT2D eigenvalue weighted by atomic mass is 32.2. The average molecular weight is 431 g/mol. The molecular weight excluding hydrogens is 417 g/mol. The van der Waals surface area contributed by atoms with E-state index in [1.165, 1.54) is 36.7 Å². The van der Waals surface area contributed by atoms with Crippen LogP contribution in [-0.2, 0) is 16.6 Å². The van der Waals surface area contributed by atoms with Gasteiger partial charge in [0.1, 0.15) is 12.1 Å². The maximum Gasteiger partial charge on any atom is 0.338 e. The first-order valence-corrected chi connectivity index (χ1v) is 9.18. The Kier molecular flexibility index (Phi) is 6.37. The molecule has 1 heterocycles. The minimum absolute atomic E-state index is 0.0948. The summed E-state index contributed by atoms with van der Waals surface area (Å²) in [6, 6.07) is 9.01. The summed E-state index contributed by atoms with van der Waals surface area (Å²) in [6.45, 7) is -0.640. The van der Waals surface area contributed by atoms with Crippen LogP contribution >= 0.6 is 11.8 Å². The van der Waals surface area contributed by atoms with Gasteiger partial charge < -0.3 is 14.6 Å². The molecule has 0 unspecified atom stereocenters. The number of halogens is 1. The lowest BCUT2D eigenvalue weighted by atomic mass is 10.2. The number of carbonyl (C=O) groups excluding carboxylic acids is 2. The predicted octanol–water partition coefficient (Wildman–Crippen LogP) is 2.81. The Bertz CT molecular complexity index is 1120. The summed E-state index contributed by atoms with van der Waals surface area (Å²) in [5.74, 6) is -2.13. The van der Waals surface area contributed by atoms with E-state index >= 15 is 0 Å². The quantitative estimate of drug-likeness (QED) is 0.343. The molecule has 12 heteroatoms. The Morgan fingerprint density at radius 1 is 1.30 bits per heavy atom. The summed E-state index contributed by atoms with van der Waals surface area (Å²) in [5.41, 5.74) is -0.207. The topological polar surface area (TPSA) is 129 Å². The van der Waals surface area contributed by atoms with Crippen LogP contribution in [0.5, 0.6) is 0 Å². The third kappa shape index (κ3) is 5.17. The predicted molar refractivity (Wildman–Crippen MR) is 104 cm³/mol. The lowest BCUT2D eigenvalue weighted by molar-refractivity contribution is -0.387. The van der Waals surface area contributed by atoms with Gasteiger partial charge in [0.2, 0.25) is 0 Å². The molecule has 0 spiro atoms. The largest absolute Gasteiger partial charge is 0.452 e. The first-order valence-electron chi connectivity index (χ1n) is 8.36. The molecule has 1 N–H and O–H groups in total. The van der Waals surface area contributed by atoms with Gasteiger partial charge in [0.15, 0.2) is 11.8 Å². The highest BCUT2D eigenvalue weighted by molar-refractivity contribution is 7.99. The van der Waals surface area contributed by atoms with Gasteiger partial charge >= 0.3 is 5.97 Å². The van der Waals surface area contributed by atoms with Crippen LogP contribution in [0.3, 0.4) is 0 Å². The van der Waals surface area contributed by atoms with Crippen molar-refractivity contribution in [3.05, 3.63) is 70.3 Å². The molecule has 30 heavy (non-hydrogen) atoms. The van der Waals surface area contributed by atoms with E-state index in [9.17, 15) is 24.1 Å². The van der Waals surface area contributed by atoms with Crippen LogP contribution in [0.25, 0.3) is 0 Å². The van der Waals surface area contributed by atoms with Crippen LogP contribution in [-0.4, -0.2) is 38.2 Å². The van der Waals surface area contributed by atoms with E-state index in [0.717, 1.165) is 23.9 Å². The Morgan fingerprint density at radius 2 is 2.10 bits per heavy atom. The molecular formula is C18H14FN5O5S. The summed E-state index contributed by atoms with van der Waals surface area (Å²) in [5, 5.41) is 21.8. The molecule has 0 aliphatic rings. The molecule has 10 nitrogen and oxygen atoms in total. The van der Waals surface area contributed by atoms with E-state index in [1.54, 1.807) is 11.6 Å². The second-order valence-corrected chi connectivity index (χ2v) is 6.91. The molecule has 1 amide bonds. The minimum Gasteiger partial charge on any atom is -0.452 e. The van der Waals surface area contributed by atoms with Crippen LogP contribution in [0.2, 0.25) is 0 Å². The fourth-order valence-electron chi connectivity index (χ4n) is 2.31. The third-order valence-corrected chi connectivity index (χ3v) is 4.82. The van der Waals surface area contributed by atoms with Crippen molar-refractivity contribution in [2.75, 3.05) is 11.9 Å². The molecule has 0 radical (unpaired) electrons. The number of nitro benzene ring substituents is 1. The van der Waals surface area contributed by atoms with Gasteiger partial charge in [-0.15, -0.1) is 10.2 Å². The Labute approximate surface area is 173 Å². The van der Waals surface area contributed by atoms with Crippen molar-refractivity contribution in [3.8, 4) is 0 Å². The van der Waals surface area contributed by atoms with Crippen molar-refractivity contribution in [3.63, 3.8) is 0 Å². The normalized spacial score (nSPS) is 10.5. The van der Waals surface area contributed by atoms with E-state index in [4.69, 9.17) is 4.74 Å². The number of anilines is 1. The molecule has 0 saturated carbocycles. The van der Waals surface area contributed by atoms with Crippen LogP contribution in [0.15, 0.2) is 58.8 Å². The zero-order chi connectivity index (χ0) is 21.7. The number of rotatable bonds is 7. The van der Waals surface area contributed by atoms with Gasteiger partial charge in [-0.2, -0.15) is 0 Å². The summed E-state index contributed by atoms with van der Waals surface area (Å²) in [7, 11) is 1.69. The number of carbonyl (C=O) groups is 2. The van der Waals surface area contributed by atoms with E-state index in [-0.39, 0.29) is 21.8 Å². The lowest BCUT2D eigenvalue weighted by Gasteiger charge is -2.08. The number of ether oxygens (including phenoxy) is 1. The second-order valence-electron chi connectivity index (χ2n) is 5.90. The van der Waals surface area contributed by atoms with Gasteiger partial charge in [-0.25, -0.2) is 9.18 Å². The van der Waals surface area contributed by atoms with Crippen molar-refractivity contribution in [1.29, 1.82) is 0 Å². The minimum atomic E-state index is -0.914. The zero-order valence-electron chi connectivity index (χ0n) is 15.4. The summed E-state index contributed by atoms with van der Waals surface area (Å²) < 4.78 is 19.6. The Morgan fingerprint density at radius 3 is 2.77 bits per heavy atom. The van der Waals surface area contributed by atoms with Gasteiger partial charge in [-0.1, -0.05) is 6.07 Å². The van der Waals surface area contributed by atoms with Crippen LogP contribution in [0.1, 0.15) is 10.4 Å². The third-order valence-electron chi connectivity index (χ3n) is 3.71. The van der Waals surface area contributed by atoms with Crippen molar-refractivity contribution in [2.45, 2.75) is 10.1 Å². The number of hydrogen-bond donors (Lipinski definition) is 1. The summed E-state index contributed by atoms with van der Waals surface area (Å²) in [6.07, 6.45) is 1.45. The molecule has 3 rings (SSSR count). The van der Waals surface area contributed by atoms with Gasteiger partial charge in [0, 0.05) is 18.8 Å². The van der Waals surface area contributed by atoms with E-state index in [0.29, 0.717) is 5.16 Å². The number of nitrogens with one attached hydrogen (secondary N) is 1. The number of nitrogens with zero attached hydrogens (tertiary/aromatic N) is 4. The van der Waals surface area contributed by atoms with Gasteiger partial charge in [-0.3, -0.25) is 14.9 Å². The van der Waals surface area contributed by atoms with Gasteiger partial charge in [0.05, 0.1) is 15.4 Å². The molecule has 0 atom stereocenters. The molecule has 0 aliphatic heterocycles. The summed E-state index contributed by atoms with van der Waals surface area (Å²) in [4.78, 5) is 35.1. The number of aromatic nitrogens is 3. The molecule has 0 fully saturated rings. The average Bonchev–Trinajstić information content (AvgIpc) is 3.10. The number of nitro groups is 1. The second kappa shape index (κ2) is 9.13. The molecule has 2 aromatic carbocycles. The molecule has 0 aliphatic carbocycles. The molecule has 154 valence electrons. The van der Waals surface area contributed by atoms with Crippen LogP contribution < -0.4 is 5.32 Å². The standard InChI is InChI=1S/C18H14FN5O5S/c1-23-10-20-22-18(23)30-15-6-5-11(7-14(15)24(27)28)17(26)29-9-16(25)21-13-4-2-3-12(19)8-13/h2-8,10H,9H2,1H3,(H,21,25). The first kappa shape index (κ1) is 20.9. The fourth-order valence-corrected chi connectivity index (χ4v) is 3.16. The van der Waals surface area contributed by atoms with Crippen molar-refractivity contribution < 1.29 is 23.6 Å². The maximum absolute atomic E-state index is 13.1. The monoisotopic (exact) mass is 431 g/mol. The first-order chi connectivity index (χ1) is 14.3. The van der Waals surface area contributed by atoms with Crippen molar-refractivity contribution in [1.82, 2.24) is 14.8 Å². The number of aryl methyl sites for hydroxylation is 1. The number of hydrogen-bond acceptors (Lipinski definition) is 8. The Hall–Kier alpha value is -3.80. The van der Waals surface area contributed by atoms with Crippen LogP contribution in [0, 0.1) is 15.9 Å². The molecule has 0 saturated heterocycles. The Balaban J connectivity index is 1.66. The molecule has 3 aromatic rings. The number of benzene rings is 2. The zero-order valence-corrected chi connectivity index (χ0v) is 16.3. The highest BCUT2D eigenvalue weighted by Gasteiger charge is 2.21. The van der Waals surface area contributed by atoms with E-state index in [2.05, 4.69) is 15.5 Å². The number of esters is 1. The smallest absolute Gasteiger partial charge is 0.338 e. The summed E-state index contributed by atoms with van der Waals surface area (Å²) >= 11 is 1.02. The van der Waals surface area contributed by atoms with E-state index in [1.807, 2.05) is 0 Å². The lowest BCUT2D eigenvalue weighted by Crippen LogP contribution is -2.21. The maximum atomic E-state index is 13.1.